The van der Waals surface area contributed by atoms with Gasteiger partial charge in [-0.25, -0.2) is 17.6 Å². The third kappa shape index (κ3) is 6.17. The van der Waals surface area contributed by atoms with E-state index in [1.54, 1.807) is 46.0 Å². The van der Waals surface area contributed by atoms with Gasteiger partial charge in [-0.1, -0.05) is 25.1 Å². The van der Waals surface area contributed by atoms with E-state index in [0.717, 1.165) is 0 Å². The maximum atomic E-state index is 13.6. The van der Waals surface area contributed by atoms with E-state index < -0.39 is 15.9 Å². The van der Waals surface area contributed by atoms with Gasteiger partial charge in [0, 0.05) is 24.9 Å². The molecule has 0 aliphatic heterocycles. The Labute approximate surface area is 137 Å². The van der Waals surface area contributed by atoms with Crippen molar-refractivity contribution < 1.29 is 17.6 Å². The maximum absolute atomic E-state index is 13.6. The lowest BCUT2D eigenvalue weighted by atomic mass is 10.1. The molecule has 5 nitrogen and oxygen atoms in total. The third-order valence-corrected chi connectivity index (χ3v) is 5.64. The molecule has 0 saturated heterocycles. The number of carbonyl (C=O) groups excluding carboxylic acids is 1. The Bertz CT molecular complexity index is 634. The van der Waals surface area contributed by atoms with E-state index in [2.05, 4.69) is 5.32 Å². The molecule has 0 unspecified atom stereocenters. The third-order valence-electron chi connectivity index (χ3n) is 3.77. The van der Waals surface area contributed by atoms with E-state index in [1.165, 1.54) is 11.0 Å². The van der Waals surface area contributed by atoms with E-state index in [-0.39, 0.29) is 29.4 Å². The summed E-state index contributed by atoms with van der Waals surface area (Å²) in [4.78, 5) is 13.5. The fourth-order valence-electron chi connectivity index (χ4n) is 2.15. The van der Waals surface area contributed by atoms with Gasteiger partial charge >= 0.3 is 6.03 Å². The van der Waals surface area contributed by atoms with Crippen molar-refractivity contribution in [1.29, 1.82) is 0 Å². The molecule has 23 heavy (non-hydrogen) atoms. The number of halogens is 1. The van der Waals surface area contributed by atoms with Crippen molar-refractivity contribution in [1.82, 2.24) is 10.2 Å². The van der Waals surface area contributed by atoms with Gasteiger partial charge in [-0.05, 0) is 31.9 Å². The van der Waals surface area contributed by atoms with Crippen LogP contribution in [0.2, 0.25) is 0 Å². The van der Waals surface area contributed by atoms with Crippen LogP contribution in [0.3, 0.4) is 0 Å². The number of sulfone groups is 1. The van der Waals surface area contributed by atoms with Gasteiger partial charge in [-0.2, -0.15) is 0 Å². The number of carbonyl (C=O) groups is 1. The Morgan fingerprint density at radius 3 is 2.48 bits per heavy atom. The Kier molecular flexibility index (Phi) is 7.00. The first-order chi connectivity index (χ1) is 10.7. The minimum atomic E-state index is -3.15. The zero-order valence-electron chi connectivity index (χ0n) is 14.0. The zero-order chi connectivity index (χ0) is 17.6. The van der Waals surface area contributed by atoms with Crippen LogP contribution in [0.5, 0.6) is 0 Å². The van der Waals surface area contributed by atoms with Gasteiger partial charge in [0.25, 0.3) is 0 Å². The van der Waals surface area contributed by atoms with Gasteiger partial charge in [0.05, 0.1) is 5.75 Å². The molecular formula is C16H25FN2O3S. The summed E-state index contributed by atoms with van der Waals surface area (Å²) in [6.07, 6.45) is 0.369. The molecule has 2 atom stereocenters. The van der Waals surface area contributed by atoms with Crippen LogP contribution in [-0.4, -0.2) is 50.0 Å². The molecule has 0 fully saturated rings. The van der Waals surface area contributed by atoms with Crippen molar-refractivity contribution in [2.24, 2.45) is 0 Å². The van der Waals surface area contributed by atoms with Gasteiger partial charge < -0.3 is 10.2 Å². The van der Waals surface area contributed by atoms with E-state index in [9.17, 15) is 17.6 Å². The summed E-state index contributed by atoms with van der Waals surface area (Å²) >= 11 is 0. The monoisotopic (exact) mass is 344 g/mol. The lowest BCUT2D eigenvalue weighted by Crippen LogP contribution is -2.48. The molecule has 0 aliphatic carbocycles. The SMILES string of the molecule is CCS(=O)(=O)C[C@H](C)N(C)C(=O)N[C@@H](C)Cc1ccccc1F. The van der Waals surface area contributed by atoms with Crippen LogP contribution in [-0.2, 0) is 16.3 Å². The van der Waals surface area contributed by atoms with Crippen LogP contribution in [0.15, 0.2) is 24.3 Å². The summed E-state index contributed by atoms with van der Waals surface area (Å²) < 4.78 is 36.9. The highest BCUT2D eigenvalue weighted by atomic mass is 32.2. The number of benzene rings is 1. The summed E-state index contributed by atoms with van der Waals surface area (Å²) in [5, 5.41) is 2.77. The van der Waals surface area contributed by atoms with Crippen LogP contribution < -0.4 is 5.32 Å². The van der Waals surface area contributed by atoms with Gasteiger partial charge in [-0.3, -0.25) is 0 Å². The van der Waals surface area contributed by atoms with Crippen molar-refractivity contribution in [3.8, 4) is 0 Å². The molecule has 2 amide bonds. The van der Waals surface area contributed by atoms with E-state index in [0.29, 0.717) is 12.0 Å². The zero-order valence-corrected chi connectivity index (χ0v) is 14.9. The summed E-state index contributed by atoms with van der Waals surface area (Å²) in [6, 6.07) is 5.36. The molecule has 0 saturated carbocycles. The molecule has 1 aromatic rings. The second-order valence-electron chi connectivity index (χ2n) is 5.80. The first-order valence-electron chi connectivity index (χ1n) is 7.63. The Morgan fingerprint density at radius 1 is 1.30 bits per heavy atom. The van der Waals surface area contributed by atoms with E-state index >= 15 is 0 Å². The van der Waals surface area contributed by atoms with E-state index in [4.69, 9.17) is 0 Å². The van der Waals surface area contributed by atoms with Crippen molar-refractivity contribution in [3.05, 3.63) is 35.6 Å². The van der Waals surface area contributed by atoms with Crippen molar-refractivity contribution in [3.63, 3.8) is 0 Å². The van der Waals surface area contributed by atoms with Crippen LogP contribution in [0.25, 0.3) is 0 Å². The molecule has 0 heterocycles. The molecular weight excluding hydrogens is 319 g/mol. The summed E-state index contributed by atoms with van der Waals surface area (Å²) in [5.74, 6) is -0.324. The molecule has 0 radical (unpaired) electrons. The maximum Gasteiger partial charge on any atom is 0.317 e. The predicted octanol–water partition coefficient (Wildman–Crippen LogP) is 2.22. The van der Waals surface area contributed by atoms with Crippen LogP contribution in [0.4, 0.5) is 9.18 Å². The highest BCUT2D eigenvalue weighted by Crippen LogP contribution is 2.09. The lowest BCUT2D eigenvalue weighted by Gasteiger charge is -2.27. The number of nitrogens with one attached hydrogen (secondary N) is 1. The lowest BCUT2D eigenvalue weighted by molar-refractivity contribution is 0.194. The van der Waals surface area contributed by atoms with E-state index in [1.807, 2.05) is 0 Å². The molecule has 0 bridgehead atoms. The average molecular weight is 344 g/mol. The predicted molar refractivity (Wildman–Crippen MR) is 89.7 cm³/mol. The summed E-state index contributed by atoms with van der Waals surface area (Å²) in [6.45, 7) is 5.05. The number of urea groups is 1. The average Bonchev–Trinajstić information content (AvgIpc) is 2.48. The highest BCUT2D eigenvalue weighted by Gasteiger charge is 2.22. The number of rotatable bonds is 7. The van der Waals surface area contributed by atoms with Crippen LogP contribution in [0.1, 0.15) is 26.3 Å². The van der Waals surface area contributed by atoms with Crippen molar-refractivity contribution in [2.45, 2.75) is 39.3 Å². The van der Waals surface area contributed by atoms with Crippen molar-refractivity contribution >= 4 is 15.9 Å². The molecule has 0 spiro atoms. The first-order valence-corrected chi connectivity index (χ1v) is 9.45. The minimum absolute atomic E-state index is 0.0521. The van der Waals surface area contributed by atoms with Gasteiger partial charge in [0.1, 0.15) is 5.82 Å². The summed E-state index contributed by atoms with van der Waals surface area (Å²) in [7, 11) is -1.59. The van der Waals surface area contributed by atoms with Gasteiger partial charge in [0.2, 0.25) is 0 Å². The largest absolute Gasteiger partial charge is 0.335 e. The molecule has 0 aliphatic rings. The Hall–Kier alpha value is -1.63. The quantitative estimate of drug-likeness (QED) is 0.825. The molecule has 1 N–H and O–H groups in total. The molecule has 1 aromatic carbocycles. The number of hydrogen-bond donors (Lipinski definition) is 1. The standard InChI is InChI=1S/C16H25FN2O3S/c1-5-23(21,22)11-13(3)19(4)16(20)18-12(2)10-14-8-6-7-9-15(14)17/h6-9,12-13H,5,10-11H2,1-4H3,(H,18,20)/t12-,13-/m0/s1. The topological polar surface area (TPSA) is 66.5 Å². The van der Waals surface area contributed by atoms with Crippen molar-refractivity contribution in [2.75, 3.05) is 18.6 Å². The smallest absolute Gasteiger partial charge is 0.317 e. The first kappa shape index (κ1) is 19.4. The Morgan fingerprint density at radius 2 is 1.91 bits per heavy atom. The Balaban J connectivity index is 2.59. The number of hydrogen-bond acceptors (Lipinski definition) is 3. The normalized spacial score (nSPS) is 14.1. The second-order valence-corrected chi connectivity index (χ2v) is 8.20. The number of amides is 2. The minimum Gasteiger partial charge on any atom is -0.335 e. The number of nitrogens with zero attached hydrogens (tertiary/aromatic N) is 1. The highest BCUT2D eigenvalue weighted by molar-refractivity contribution is 7.91. The second kappa shape index (κ2) is 8.29. The van der Waals surface area contributed by atoms with Crippen LogP contribution in [0, 0.1) is 5.82 Å². The fourth-order valence-corrected chi connectivity index (χ4v) is 3.35. The molecule has 7 heteroatoms. The fraction of sp³-hybridized carbons (Fsp3) is 0.562. The van der Waals surface area contributed by atoms with Crippen LogP contribution >= 0.6 is 0 Å². The molecule has 0 aromatic heterocycles. The molecule has 1 rings (SSSR count). The van der Waals surface area contributed by atoms with Gasteiger partial charge in [0.15, 0.2) is 9.84 Å². The molecule has 130 valence electrons. The summed E-state index contributed by atoms with van der Waals surface area (Å²) in [5.41, 5.74) is 0.532. The van der Waals surface area contributed by atoms with Gasteiger partial charge in [-0.15, -0.1) is 0 Å².